The van der Waals surface area contributed by atoms with Crippen molar-refractivity contribution < 1.29 is 30.8 Å². The van der Waals surface area contributed by atoms with Gasteiger partial charge in [0.25, 0.3) is 8.32 Å². The molecule has 0 aliphatic rings. The van der Waals surface area contributed by atoms with Gasteiger partial charge in [0.2, 0.25) is 5.82 Å². The number of benzene rings is 2. The molecule has 0 saturated carbocycles. The number of hydrogen-bond acceptors (Lipinski definition) is 1. The van der Waals surface area contributed by atoms with E-state index in [0.29, 0.717) is 12.1 Å². The second-order valence-electron chi connectivity index (χ2n) is 13.0. The van der Waals surface area contributed by atoms with Gasteiger partial charge in [-0.05, 0) is 17.6 Å². The number of halogens is 6. The first-order chi connectivity index (χ1) is 20.4. The SMILES string of the molecule is CCCCCC[Si](CCCCCC[Si](CCC)(CCC)CCC)(Oc1c(F)c(F)c2c(F)cc(F)c(F)c2c1F)C(C)C. The minimum Gasteiger partial charge on any atom is -0.539 e. The molecule has 0 N–H and O–H groups in total. The molecule has 2 aromatic rings. The molecule has 1 unspecified atom stereocenters. The Morgan fingerprint density at radius 3 is 1.53 bits per heavy atom. The van der Waals surface area contributed by atoms with Crippen LogP contribution in [0.15, 0.2) is 6.07 Å². The van der Waals surface area contributed by atoms with Crippen molar-refractivity contribution in [1.82, 2.24) is 0 Å². The Bertz CT molecular complexity index is 1140. The summed E-state index contributed by atoms with van der Waals surface area (Å²) in [4.78, 5) is 0. The van der Waals surface area contributed by atoms with Gasteiger partial charge in [-0.1, -0.05) is 136 Å². The van der Waals surface area contributed by atoms with Gasteiger partial charge in [-0.15, -0.1) is 0 Å². The Balaban J connectivity index is 2.33. The fraction of sp³-hybridized carbons (Fsp3) is 0.706. The smallest absolute Gasteiger partial charge is 0.254 e. The summed E-state index contributed by atoms with van der Waals surface area (Å²) in [5.41, 5.74) is -0.0699. The summed E-state index contributed by atoms with van der Waals surface area (Å²) in [5.74, 6) is -11.1. The lowest BCUT2D eigenvalue weighted by atomic mass is 10.1. The van der Waals surface area contributed by atoms with Gasteiger partial charge in [0.15, 0.2) is 29.0 Å². The molecule has 0 amide bonds. The quantitative estimate of drug-likeness (QED) is 0.0566. The van der Waals surface area contributed by atoms with E-state index in [1.165, 1.54) is 49.9 Å². The summed E-state index contributed by atoms with van der Waals surface area (Å²) in [7, 11) is -4.22. The van der Waals surface area contributed by atoms with E-state index in [9.17, 15) is 13.2 Å². The summed E-state index contributed by atoms with van der Waals surface area (Å²) in [5, 5.41) is -2.49. The molecule has 9 heteroatoms. The number of hydrogen-bond donors (Lipinski definition) is 0. The van der Waals surface area contributed by atoms with Crippen molar-refractivity contribution in [3.63, 3.8) is 0 Å². The zero-order valence-electron chi connectivity index (χ0n) is 27.4. The summed E-state index contributed by atoms with van der Waals surface area (Å²) in [6.45, 7) is 12.9. The van der Waals surface area contributed by atoms with Crippen LogP contribution in [0.5, 0.6) is 5.75 Å². The summed E-state index contributed by atoms with van der Waals surface area (Å²) < 4.78 is 95.3. The van der Waals surface area contributed by atoms with Crippen LogP contribution in [0.1, 0.15) is 112 Å². The Labute approximate surface area is 258 Å². The molecule has 0 heterocycles. The fourth-order valence-electron chi connectivity index (χ4n) is 7.12. The zero-order valence-corrected chi connectivity index (χ0v) is 29.4. The number of rotatable bonds is 21. The first kappa shape index (κ1) is 37.7. The van der Waals surface area contributed by atoms with Crippen LogP contribution >= 0.6 is 0 Å². The van der Waals surface area contributed by atoms with E-state index >= 15 is 13.2 Å². The molecular weight excluding hydrogens is 595 g/mol. The third-order valence-corrected chi connectivity index (χ3v) is 20.6. The van der Waals surface area contributed by atoms with Crippen LogP contribution in [-0.4, -0.2) is 16.4 Å². The van der Waals surface area contributed by atoms with E-state index < -0.39 is 67.8 Å². The summed E-state index contributed by atoms with van der Waals surface area (Å²) in [6.07, 6.45) is 11.6. The minimum atomic E-state index is -2.96. The van der Waals surface area contributed by atoms with E-state index in [4.69, 9.17) is 4.43 Å². The van der Waals surface area contributed by atoms with Crippen molar-refractivity contribution in [2.45, 2.75) is 154 Å². The fourth-order valence-corrected chi connectivity index (χ4v) is 16.9. The highest BCUT2D eigenvalue weighted by Crippen LogP contribution is 2.42. The lowest BCUT2D eigenvalue weighted by Gasteiger charge is -2.36. The molecule has 43 heavy (non-hydrogen) atoms. The van der Waals surface area contributed by atoms with E-state index in [1.54, 1.807) is 0 Å². The van der Waals surface area contributed by atoms with Gasteiger partial charge < -0.3 is 4.43 Å². The molecule has 2 aromatic carbocycles. The molecule has 0 fully saturated rings. The first-order valence-electron chi connectivity index (χ1n) is 16.8. The molecule has 0 spiro atoms. The second kappa shape index (κ2) is 17.9. The molecule has 0 aliphatic carbocycles. The molecule has 0 aromatic heterocycles. The van der Waals surface area contributed by atoms with Crippen molar-refractivity contribution >= 4 is 27.2 Å². The third-order valence-electron chi connectivity index (χ3n) is 9.41. The van der Waals surface area contributed by atoms with Crippen LogP contribution in [0, 0.1) is 34.9 Å². The molecule has 0 radical (unpaired) electrons. The van der Waals surface area contributed by atoms with Crippen molar-refractivity contribution in [3.05, 3.63) is 41.0 Å². The highest BCUT2D eigenvalue weighted by molar-refractivity contribution is 6.79. The maximum atomic E-state index is 15.7. The van der Waals surface area contributed by atoms with Crippen LogP contribution in [0.25, 0.3) is 10.8 Å². The normalized spacial score (nSPS) is 13.7. The summed E-state index contributed by atoms with van der Waals surface area (Å²) >= 11 is 0. The van der Waals surface area contributed by atoms with Crippen LogP contribution in [0.4, 0.5) is 26.3 Å². The van der Waals surface area contributed by atoms with Crippen molar-refractivity contribution in [2.24, 2.45) is 0 Å². The average molecular weight is 649 g/mol. The monoisotopic (exact) mass is 648 g/mol. The Morgan fingerprint density at radius 1 is 0.535 bits per heavy atom. The summed E-state index contributed by atoms with van der Waals surface area (Å²) in [6, 6.07) is 6.83. The van der Waals surface area contributed by atoms with E-state index in [0.717, 1.165) is 44.9 Å². The van der Waals surface area contributed by atoms with E-state index in [1.807, 2.05) is 13.8 Å². The third kappa shape index (κ3) is 9.50. The zero-order chi connectivity index (χ0) is 32.2. The van der Waals surface area contributed by atoms with E-state index in [-0.39, 0.29) is 11.6 Å². The lowest BCUT2D eigenvalue weighted by molar-refractivity contribution is 0.404. The van der Waals surface area contributed by atoms with Crippen molar-refractivity contribution in [2.75, 3.05) is 0 Å². The minimum absolute atomic E-state index is 0.0699. The van der Waals surface area contributed by atoms with Crippen LogP contribution < -0.4 is 4.43 Å². The van der Waals surface area contributed by atoms with Gasteiger partial charge in [-0.25, -0.2) is 22.0 Å². The number of unbranched alkanes of at least 4 members (excludes halogenated alkanes) is 6. The molecule has 1 nitrogen and oxygen atoms in total. The highest BCUT2D eigenvalue weighted by Gasteiger charge is 2.42. The topological polar surface area (TPSA) is 9.23 Å². The molecular formula is C34H54F6OSi2. The Kier molecular flexibility index (Phi) is 15.7. The average Bonchev–Trinajstić information content (AvgIpc) is 2.95. The number of fused-ring (bicyclic) bond motifs is 1. The molecule has 0 aliphatic heterocycles. The van der Waals surface area contributed by atoms with Crippen LogP contribution in [0.3, 0.4) is 0 Å². The van der Waals surface area contributed by atoms with Gasteiger partial charge in [0.1, 0.15) is 5.82 Å². The Morgan fingerprint density at radius 2 is 1.05 bits per heavy atom. The van der Waals surface area contributed by atoms with Crippen molar-refractivity contribution in [1.29, 1.82) is 0 Å². The molecule has 246 valence electrons. The molecule has 2 rings (SSSR count). The Hall–Kier alpha value is -1.49. The largest absolute Gasteiger partial charge is 0.539 e. The maximum absolute atomic E-state index is 15.7. The maximum Gasteiger partial charge on any atom is 0.254 e. The second-order valence-corrected chi connectivity index (χ2v) is 22.5. The molecule has 0 saturated heterocycles. The van der Waals surface area contributed by atoms with Gasteiger partial charge in [-0.3, -0.25) is 0 Å². The standard InChI is InChI=1S/C34H54F6OSi2/c1-7-11-12-16-22-43(25(5)6,23-17-14-13-15-21-42(18-8-2,19-9-3)20-10-4)41-34-32(39)29-28(31(38)33(34)40)26(35)24-27(36)30(29)37/h24-25H,7-23H2,1-6H3. The van der Waals surface area contributed by atoms with E-state index in [2.05, 4.69) is 27.7 Å². The van der Waals surface area contributed by atoms with Crippen LogP contribution in [-0.2, 0) is 0 Å². The predicted octanol–water partition coefficient (Wildman–Crippen LogP) is 13.2. The van der Waals surface area contributed by atoms with Gasteiger partial charge in [0.05, 0.1) is 18.8 Å². The van der Waals surface area contributed by atoms with Gasteiger partial charge in [-0.2, -0.15) is 4.39 Å². The predicted molar refractivity (Wildman–Crippen MR) is 173 cm³/mol. The molecule has 1 atom stereocenters. The lowest BCUT2D eigenvalue weighted by Crippen LogP contribution is -2.45. The highest BCUT2D eigenvalue weighted by atomic mass is 28.4. The first-order valence-corrected chi connectivity index (χ1v) is 22.0. The van der Waals surface area contributed by atoms with Crippen LogP contribution in [0.2, 0.25) is 41.8 Å². The molecule has 0 bridgehead atoms. The van der Waals surface area contributed by atoms with Crippen molar-refractivity contribution in [3.8, 4) is 5.75 Å². The van der Waals surface area contributed by atoms with Gasteiger partial charge in [0, 0.05) is 6.07 Å². The van der Waals surface area contributed by atoms with Gasteiger partial charge >= 0.3 is 0 Å².